The number of hydrogen-bond acceptors (Lipinski definition) is 3. The number of nitrogens with one attached hydrogen (secondary N) is 1. The second kappa shape index (κ2) is 5.17. The summed E-state index contributed by atoms with van der Waals surface area (Å²) in [7, 11) is 0. The van der Waals surface area contributed by atoms with E-state index in [4.69, 9.17) is 4.74 Å². The minimum atomic E-state index is -0.272. The smallest absolute Gasteiger partial charge is 0.313 e. The van der Waals surface area contributed by atoms with Gasteiger partial charge in [0.25, 0.3) is 0 Å². The standard InChI is InChI=1S/C13H23NO2/c1-13(8-9-14-10-13)12(15)16-11-6-4-2-3-5-7-11/h11,14H,2-10H2,1H3. The van der Waals surface area contributed by atoms with Crippen LogP contribution in [0.4, 0.5) is 0 Å². The maximum absolute atomic E-state index is 12.1. The molecule has 1 atom stereocenters. The van der Waals surface area contributed by atoms with Gasteiger partial charge in [0.1, 0.15) is 6.10 Å². The largest absolute Gasteiger partial charge is 0.462 e. The molecule has 2 fully saturated rings. The average molecular weight is 225 g/mol. The van der Waals surface area contributed by atoms with Crippen molar-refractivity contribution < 1.29 is 9.53 Å². The molecule has 1 aliphatic heterocycles. The van der Waals surface area contributed by atoms with E-state index in [0.717, 1.165) is 32.4 Å². The van der Waals surface area contributed by atoms with Crippen LogP contribution >= 0.6 is 0 Å². The zero-order chi connectivity index (χ0) is 11.4. The van der Waals surface area contributed by atoms with Gasteiger partial charge in [-0.05, 0) is 45.6 Å². The summed E-state index contributed by atoms with van der Waals surface area (Å²) < 4.78 is 5.68. The van der Waals surface area contributed by atoms with Crippen molar-refractivity contribution in [1.82, 2.24) is 5.32 Å². The van der Waals surface area contributed by atoms with Gasteiger partial charge in [-0.25, -0.2) is 0 Å². The molecule has 1 saturated carbocycles. The lowest BCUT2D eigenvalue weighted by Gasteiger charge is -2.24. The molecule has 0 aromatic heterocycles. The summed E-state index contributed by atoms with van der Waals surface area (Å²) >= 11 is 0. The van der Waals surface area contributed by atoms with Crippen molar-refractivity contribution in [3.63, 3.8) is 0 Å². The van der Waals surface area contributed by atoms with Crippen molar-refractivity contribution in [1.29, 1.82) is 0 Å². The van der Waals surface area contributed by atoms with Gasteiger partial charge in [0.2, 0.25) is 0 Å². The van der Waals surface area contributed by atoms with Crippen LogP contribution in [0.1, 0.15) is 51.9 Å². The molecule has 1 unspecified atom stereocenters. The number of carbonyl (C=O) groups is 1. The fourth-order valence-corrected chi connectivity index (χ4v) is 2.64. The van der Waals surface area contributed by atoms with Crippen molar-refractivity contribution in [2.24, 2.45) is 5.41 Å². The van der Waals surface area contributed by atoms with E-state index >= 15 is 0 Å². The van der Waals surface area contributed by atoms with Gasteiger partial charge in [0, 0.05) is 6.54 Å². The van der Waals surface area contributed by atoms with E-state index in [9.17, 15) is 4.79 Å². The molecule has 2 rings (SSSR count). The summed E-state index contributed by atoms with van der Waals surface area (Å²) in [6, 6.07) is 0. The highest BCUT2D eigenvalue weighted by molar-refractivity contribution is 5.77. The van der Waals surface area contributed by atoms with Crippen molar-refractivity contribution in [3.05, 3.63) is 0 Å². The number of ether oxygens (including phenoxy) is 1. The lowest BCUT2D eigenvalue weighted by atomic mass is 9.90. The van der Waals surface area contributed by atoms with Gasteiger partial charge in [-0.3, -0.25) is 4.79 Å². The second-order valence-electron chi connectivity index (χ2n) is 5.51. The topological polar surface area (TPSA) is 38.3 Å². The van der Waals surface area contributed by atoms with Crippen LogP contribution in [0, 0.1) is 5.41 Å². The van der Waals surface area contributed by atoms with Gasteiger partial charge < -0.3 is 10.1 Å². The number of esters is 1. The maximum atomic E-state index is 12.1. The second-order valence-corrected chi connectivity index (χ2v) is 5.51. The van der Waals surface area contributed by atoms with Crippen LogP contribution in [-0.2, 0) is 9.53 Å². The molecule has 16 heavy (non-hydrogen) atoms. The van der Waals surface area contributed by atoms with Gasteiger partial charge in [-0.15, -0.1) is 0 Å². The highest BCUT2D eigenvalue weighted by Crippen LogP contribution is 2.29. The summed E-state index contributed by atoms with van der Waals surface area (Å²) in [5, 5.41) is 3.24. The Hall–Kier alpha value is -0.570. The molecule has 0 amide bonds. The van der Waals surface area contributed by atoms with Crippen LogP contribution < -0.4 is 5.32 Å². The minimum Gasteiger partial charge on any atom is -0.462 e. The molecule has 0 spiro atoms. The molecule has 1 saturated heterocycles. The lowest BCUT2D eigenvalue weighted by Crippen LogP contribution is -2.34. The zero-order valence-corrected chi connectivity index (χ0v) is 10.3. The van der Waals surface area contributed by atoms with Crippen LogP contribution in [0.25, 0.3) is 0 Å². The lowest BCUT2D eigenvalue weighted by molar-refractivity contribution is -0.160. The van der Waals surface area contributed by atoms with Crippen molar-refractivity contribution in [2.45, 2.75) is 58.0 Å². The van der Waals surface area contributed by atoms with Crippen molar-refractivity contribution in [3.8, 4) is 0 Å². The van der Waals surface area contributed by atoms with E-state index in [-0.39, 0.29) is 17.5 Å². The molecule has 0 aromatic carbocycles. The molecule has 3 heteroatoms. The molecule has 2 aliphatic rings. The maximum Gasteiger partial charge on any atom is 0.313 e. The first kappa shape index (κ1) is 11.9. The van der Waals surface area contributed by atoms with Gasteiger partial charge in [-0.2, -0.15) is 0 Å². The SMILES string of the molecule is CC1(C(=O)OC2CCCCCC2)CCNC1. The van der Waals surface area contributed by atoms with Gasteiger partial charge in [-0.1, -0.05) is 12.8 Å². The van der Waals surface area contributed by atoms with Crippen LogP contribution in [-0.4, -0.2) is 25.2 Å². The van der Waals surface area contributed by atoms with Gasteiger partial charge in [0.15, 0.2) is 0 Å². The minimum absolute atomic E-state index is 0.0180. The zero-order valence-electron chi connectivity index (χ0n) is 10.3. The average Bonchev–Trinajstić information content (AvgIpc) is 2.56. The molecular weight excluding hydrogens is 202 g/mol. The first-order chi connectivity index (χ1) is 7.71. The summed E-state index contributed by atoms with van der Waals surface area (Å²) in [5.74, 6) is 0.0180. The Kier molecular flexibility index (Phi) is 3.85. The van der Waals surface area contributed by atoms with Gasteiger partial charge in [0.05, 0.1) is 5.41 Å². The highest BCUT2D eigenvalue weighted by atomic mass is 16.5. The van der Waals surface area contributed by atoms with E-state index in [2.05, 4.69) is 5.32 Å². The Morgan fingerprint density at radius 3 is 2.50 bits per heavy atom. The Morgan fingerprint density at radius 1 is 1.25 bits per heavy atom. The van der Waals surface area contributed by atoms with Crippen LogP contribution in [0.2, 0.25) is 0 Å². The molecule has 1 aliphatic carbocycles. The van der Waals surface area contributed by atoms with Gasteiger partial charge >= 0.3 is 5.97 Å². The quantitative estimate of drug-likeness (QED) is 0.578. The van der Waals surface area contributed by atoms with E-state index < -0.39 is 0 Å². The van der Waals surface area contributed by atoms with E-state index in [1.807, 2.05) is 6.92 Å². The predicted molar refractivity (Wildman–Crippen MR) is 63.2 cm³/mol. The molecule has 0 aromatic rings. The normalized spacial score (nSPS) is 32.3. The third kappa shape index (κ3) is 2.76. The molecule has 1 heterocycles. The summed E-state index contributed by atoms with van der Waals surface area (Å²) in [4.78, 5) is 12.1. The predicted octanol–water partition coefficient (Wildman–Crippen LogP) is 2.25. The van der Waals surface area contributed by atoms with E-state index in [0.29, 0.717) is 0 Å². The Morgan fingerprint density at radius 2 is 1.94 bits per heavy atom. The third-order valence-corrected chi connectivity index (χ3v) is 3.94. The highest BCUT2D eigenvalue weighted by Gasteiger charge is 2.38. The molecule has 3 nitrogen and oxygen atoms in total. The van der Waals surface area contributed by atoms with E-state index in [1.54, 1.807) is 0 Å². The number of carbonyl (C=O) groups excluding carboxylic acids is 1. The van der Waals surface area contributed by atoms with Crippen LogP contribution in [0.5, 0.6) is 0 Å². The summed E-state index contributed by atoms with van der Waals surface area (Å²) in [6.45, 7) is 3.74. The summed E-state index contributed by atoms with van der Waals surface area (Å²) in [6.07, 6.45) is 8.26. The third-order valence-electron chi connectivity index (χ3n) is 3.94. The van der Waals surface area contributed by atoms with E-state index in [1.165, 1.54) is 25.7 Å². The number of rotatable bonds is 2. The molecule has 1 N–H and O–H groups in total. The fourth-order valence-electron chi connectivity index (χ4n) is 2.64. The van der Waals surface area contributed by atoms with Crippen molar-refractivity contribution >= 4 is 5.97 Å². The molecular formula is C13H23NO2. The summed E-state index contributed by atoms with van der Waals surface area (Å²) in [5.41, 5.74) is -0.272. The Labute approximate surface area is 97.9 Å². The van der Waals surface area contributed by atoms with Crippen molar-refractivity contribution in [2.75, 3.05) is 13.1 Å². The van der Waals surface area contributed by atoms with Crippen LogP contribution in [0.3, 0.4) is 0 Å². The number of hydrogen-bond donors (Lipinski definition) is 1. The Bertz CT molecular complexity index is 238. The fraction of sp³-hybridized carbons (Fsp3) is 0.923. The molecule has 92 valence electrons. The Balaban J connectivity index is 1.85. The van der Waals surface area contributed by atoms with Crippen LogP contribution in [0.15, 0.2) is 0 Å². The first-order valence-electron chi connectivity index (χ1n) is 6.62. The molecule has 0 radical (unpaired) electrons. The first-order valence-corrected chi connectivity index (χ1v) is 6.62. The monoisotopic (exact) mass is 225 g/mol. The molecule has 0 bridgehead atoms.